The number of rotatable bonds is 6. The highest BCUT2D eigenvalue weighted by molar-refractivity contribution is 5.30. The second kappa shape index (κ2) is 5.67. The quantitative estimate of drug-likeness (QED) is 0.358. The van der Waals surface area contributed by atoms with E-state index in [-0.39, 0.29) is 11.6 Å². The third-order valence-corrected chi connectivity index (χ3v) is 2.41. The highest BCUT2D eigenvalue weighted by atomic mass is 16.6. The van der Waals surface area contributed by atoms with Crippen LogP contribution in [0.3, 0.4) is 0 Å². The third-order valence-electron chi connectivity index (χ3n) is 2.41. The van der Waals surface area contributed by atoms with Crippen molar-refractivity contribution in [3.8, 4) is 0 Å². The minimum Gasteiger partial charge on any atom is -0.280 e. The standard InChI is InChI=1S/C10H9N5O4/c16-12-11-10-9(7-15(17)18)14(13-19-10)6-8-4-2-1-3-5-8/h1-5H,6-7H2/p+1. The maximum atomic E-state index is 10.6. The molecule has 0 saturated heterocycles. The first-order valence-corrected chi connectivity index (χ1v) is 5.33. The van der Waals surface area contributed by atoms with Crippen LogP contribution in [0.1, 0.15) is 11.3 Å². The number of aromatic nitrogens is 2. The minimum absolute atomic E-state index is 0.123. The smallest absolute Gasteiger partial charge is 0.280 e. The van der Waals surface area contributed by atoms with Crippen LogP contribution < -0.4 is 10.1 Å². The molecule has 0 radical (unpaired) electrons. The summed E-state index contributed by atoms with van der Waals surface area (Å²) in [5, 5.41) is 16.7. The Hall–Kier alpha value is -2.84. The Kier molecular flexibility index (Phi) is 3.76. The van der Waals surface area contributed by atoms with E-state index < -0.39 is 11.5 Å². The first-order chi connectivity index (χ1) is 9.20. The van der Waals surface area contributed by atoms with E-state index in [1.807, 2.05) is 35.8 Å². The van der Waals surface area contributed by atoms with Gasteiger partial charge >= 0.3 is 11.6 Å². The van der Waals surface area contributed by atoms with Gasteiger partial charge in [0.15, 0.2) is 0 Å². The molecule has 0 bridgehead atoms. The molecule has 0 saturated carbocycles. The summed E-state index contributed by atoms with van der Waals surface area (Å²) >= 11 is 0. The molecule has 0 aliphatic carbocycles. The monoisotopic (exact) mass is 264 g/mol. The van der Waals surface area contributed by atoms with Gasteiger partial charge in [0, 0.05) is 10.5 Å². The number of nitroso groups, excluding NO2 is 1. The lowest BCUT2D eigenvalue weighted by Gasteiger charge is -1.93. The molecule has 2 rings (SSSR count). The molecule has 1 heterocycles. The van der Waals surface area contributed by atoms with Gasteiger partial charge in [0.1, 0.15) is 0 Å². The lowest BCUT2D eigenvalue weighted by molar-refractivity contribution is -0.769. The highest BCUT2D eigenvalue weighted by Gasteiger charge is 2.29. The summed E-state index contributed by atoms with van der Waals surface area (Å²) in [4.78, 5) is 20.2. The van der Waals surface area contributed by atoms with Crippen LogP contribution in [0, 0.1) is 15.0 Å². The Morgan fingerprint density at radius 1 is 1.42 bits per heavy atom. The number of anilines is 1. The van der Waals surface area contributed by atoms with E-state index in [9.17, 15) is 15.0 Å². The maximum Gasteiger partial charge on any atom is 0.346 e. The van der Waals surface area contributed by atoms with Crippen molar-refractivity contribution in [3.63, 3.8) is 0 Å². The van der Waals surface area contributed by atoms with Gasteiger partial charge in [-0.1, -0.05) is 30.3 Å². The molecule has 1 aromatic heterocycles. The third kappa shape index (κ3) is 3.09. The lowest BCUT2D eigenvalue weighted by Crippen LogP contribution is -2.40. The van der Waals surface area contributed by atoms with Crippen LogP contribution in [-0.4, -0.2) is 10.2 Å². The lowest BCUT2D eigenvalue weighted by atomic mass is 10.2. The fourth-order valence-electron chi connectivity index (χ4n) is 1.59. The zero-order chi connectivity index (χ0) is 13.7. The molecule has 98 valence electrons. The van der Waals surface area contributed by atoms with Crippen molar-refractivity contribution in [2.24, 2.45) is 5.29 Å². The summed E-state index contributed by atoms with van der Waals surface area (Å²) in [6.07, 6.45) is 0. The molecular formula is C10H10N5O4+. The van der Waals surface area contributed by atoms with Gasteiger partial charge in [-0.3, -0.25) is 14.6 Å². The molecule has 0 amide bonds. The van der Waals surface area contributed by atoms with Crippen molar-refractivity contribution in [2.45, 2.75) is 13.1 Å². The number of nitrogens with one attached hydrogen (secondary N) is 1. The van der Waals surface area contributed by atoms with E-state index in [0.717, 1.165) is 5.56 Å². The average molecular weight is 264 g/mol. The molecule has 0 spiro atoms. The maximum absolute atomic E-state index is 10.6. The van der Waals surface area contributed by atoms with Crippen molar-refractivity contribution in [3.05, 3.63) is 56.6 Å². The summed E-state index contributed by atoms with van der Waals surface area (Å²) in [6, 6.07) is 9.24. The minimum atomic E-state index is -0.538. The first kappa shape index (κ1) is 12.6. The summed E-state index contributed by atoms with van der Waals surface area (Å²) in [5.74, 6) is -0.123. The SMILES string of the molecule is O=NNc1on[n+](Cc2ccccc2)c1C[N+](=O)[O-]. The van der Waals surface area contributed by atoms with Crippen LogP contribution in [0.25, 0.3) is 0 Å². The number of benzene rings is 1. The number of hydrogen-bond donors (Lipinski definition) is 1. The van der Waals surface area contributed by atoms with Gasteiger partial charge in [-0.15, -0.1) is 4.91 Å². The predicted octanol–water partition coefficient (Wildman–Crippen LogP) is 0.880. The number of nitro groups is 1. The second-order valence-electron chi connectivity index (χ2n) is 3.69. The molecule has 1 aromatic carbocycles. The summed E-state index contributed by atoms with van der Waals surface area (Å²) < 4.78 is 6.12. The molecule has 9 heteroatoms. The van der Waals surface area contributed by atoms with E-state index in [2.05, 4.69) is 10.6 Å². The van der Waals surface area contributed by atoms with Crippen LogP contribution >= 0.6 is 0 Å². The van der Waals surface area contributed by atoms with Crippen molar-refractivity contribution < 1.29 is 14.1 Å². The molecule has 0 aliphatic rings. The Balaban J connectivity index is 2.28. The van der Waals surface area contributed by atoms with E-state index >= 15 is 0 Å². The fraction of sp³-hybridized carbons (Fsp3) is 0.200. The molecule has 9 nitrogen and oxygen atoms in total. The van der Waals surface area contributed by atoms with Gasteiger partial charge in [0.2, 0.25) is 11.8 Å². The normalized spacial score (nSPS) is 10.1. The van der Waals surface area contributed by atoms with E-state index in [0.29, 0.717) is 6.54 Å². The Morgan fingerprint density at radius 3 is 2.79 bits per heavy atom. The van der Waals surface area contributed by atoms with Crippen LogP contribution in [0.4, 0.5) is 5.88 Å². The molecule has 1 N–H and O–H groups in total. The molecule has 0 unspecified atom stereocenters. The van der Waals surface area contributed by atoms with Gasteiger partial charge in [0.05, 0.1) is 5.29 Å². The zero-order valence-electron chi connectivity index (χ0n) is 9.72. The zero-order valence-corrected chi connectivity index (χ0v) is 9.72. The predicted molar refractivity (Wildman–Crippen MR) is 62.4 cm³/mol. The molecular weight excluding hydrogens is 254 g/mol. The molecule has 0 fully saturated rings. The largest absolute Gasteiger partial charge is 0.346 e. The average Bonchev–Trinajstić information content (AvgIpc) is 2.74. The van der Waals surface area contributed by atoms with Crippen LogP contribution in [0.15, 0.2) is 40.1 Å². The first-order valence-electron chi connectivity index (χ1n) is 5.33. The summed E-state index contributed by atoms with van der Waals surface area (Å²) in [6.45, 7) is -0.220. The van der Waals surface area contributed by atoms with Gasteiger partial charge < -0.3 is 0 Å². The van der Waals surface area contributed by atoms with Gasteiger partial charge in [-0.25, -0.2) is 5.43 Å². The second-order valence-corrected chi connectivity index (χ2v) is 3.69. The van der Waals surface area contributed by atoms with E-state index in [1.165, 1.54) is 4.68 Å². The van der Waals surface area contributed by atoms with Gasteiger partial charge in [-0.2, -0.15) is 0 Å². The van der Waals surface area contributed by atoms with E-state index in [4.69, 9.17) is 4.52 Å². The highest BCUT2D eigenvalue weighted by Crippen LogP contribution is 2.12. The van der Waals surface area contributed by atoms with E-state index in [1.54, 1.807) is 0 Å². The van der Waals surface area contributed by atoms with Crippen molar-refractivity contribution in [1.82, 2.24) is 5.27 Å². The number of nitrogens with zero attached hydrogens (tertiary/aromatic N) is 4. The fourth-order valence-corrected chi connectivity index (χ4v) is 1.59. The topological polar surface area (TPSA) is 115 Å². The molecule has 0 aliphatic heterocycles. The van der Waals surface area contributed by atoms with Crippen molar-refractivity contribution in [1.29, 1.82) is 0 Å². The molecule has 0 atom stereocenters. The van der Waals surface area contributed by atoms with Crippen LogP contribution in [-0.2, 0) is 13.1 Å². The molecule has 19 heavy (non-hydrogen) atoms. The Bertz CT molecular complexity index is 583. The van der Waals surface area contributed by atoms with Crippen molar-refractivity contribution in [2.75, 3.05) is 5.43 Å². The summed E-state index contributed by atoms with van der Waals surface area (Å²) in [7, 11) is 0. The van der Waals surface area contributed by atoms with Crippen LogP contribution in [0.5, 0.6) is 0 Å². The Morgan fingerprint density at radius 2 is 2.16 bits per heavy atom. The molecule has 2 aromatic rings. The van der Waals surface area contributed by atoms with Gasteiger partial charge in [0.25, 0.3) is 6.54 Å². The number of hydrogen-bond acceptors (Lipinski definition) is 6. The Labute approximate surface area is 106 Å². The van der Waals surface area contributed by atoms with Gasteiger partial charge in [-0.05, 0) is 4.68 Å². The summed E-state index contributed by atoms with van der Waals surface area (Å²) in [5.41, 5.74) is 3.05. The van der Waals surface area contributed by atoms with Crippen molar-refractivity contribution >= 4 is 5.88 Å². The van der Waals surface area contributed by atoms with Crippen LogP contribution in [0.2, 0.25) is 0 Å².